The first kappa shape index (κ1) is 18.2. The summed E-state index contributed by atoms with van der Waals surface area (Å²) in [7, 11) is 0. The summed E-state index contributed by atoms with van der Waals surface area (Å²) in [4.78, 5) is 12.8. The first-order valence-corrected chi connectivity index (χ1v) is 8.57. The first-order chi connectivity index (χ1) is 11.7. The van der Waals surface area contributed by atoms with Crippen LogP contribution in [0.3, 0.4) is 0 Å². The molecule has 1 saturated carbocycles. The van der Waals surface area contributed by atoms with Crippen LogP contribution in [0.25, 0.3) is 0 Å². The van der Waals surface area contributed by atoms with Crippen molar-refractivity contribution in [2.24, 2.45) is 11.0 Å². The summed E-state index contributed by atoms with van der Waals surface area (Å²) < 4.78 is 39.5. The highest BCUT2D eigenvalue weighted by Gasteiger charge is 2.55. The number of hydrazone groups is 1. The fourth-order valence-corrected chi connectivity index (χ4v) is 3.76. The molecule has 0 bridgehead atoms. The number of halogens is 4. The average Bonchev–Trinajstić information content (AvgIpc) is 2.94. The quantitative estimate of drug-likeness (QED) is 0.835. The Labute approximate surface area is 148 Å². The van der Waals surface area contributed by atoms with E-state index in [1.165, 1.54) is 18.2 Å². The maximum absolute atomic E-state index is 13.2. The van der Waals surface area contributed by atoms with Crippen LogP contribution in [-0.4, -0.2) is 33.6 Å². The lowest BCUT2D eigenvalue weighted by atomic mass is 9.79. The van der Waals surface area contributed by atoms with Crippen molar-refractivity contribution in [1.82, 2.24) is 5.01 Å². The second-order valence-corrected chi connectivity index (χ2v) is 7.00. The van der Waals surface area contributed by atoms with Crippen LogP contribution in [0.2, 0.25) is 5.02 Å². The highest BCUT2D eigenvalue weighted by molar-refractivity contribution is 6.31. The van der Waals surface area contributed by atoms with Gasteiger partial charge < -0.3 is 5.11 Å². The second kappa shape index (κ2) is 6.61. The summed E-state index contributed by atoms with van der Waals surface area (Å²) in [6.07, 6.45) is -1.66. The van der Waals surface area contributed by atoms with Crippen molar-refractivity contribution in [3.05, 3.63) is 34.9 Å². The van der Waals surface area contributed by atoms with Gasteiger partial charge in [0.1, 0.15) is 5.71 Å². The Morgan fingerprint density at radius 2 is 1.96 bits per heavy atom. The van der Waals surface area contributed by atoms with E-state index in [-0.39, 0.29) is 10.6 Å². The number of benzene rings is 1. The predicted octanol–water partition coefficient (Wildman–Crippen LogP) is 4.37. The molecule has 4 nitrogen and oxygen atoms in total. The third-order valence-corrected chi connectivity index (χ3v) is 5.10. The Hall–Kier alpha value is -1.60. The second-order valence-electron chi connectivity index (χ2n) is 6.56. The number of nitrogens with zero attached hydrogens (tertiary/aromatic N) is 2. The van der Waals surface area contributed by atoms with Gasteiger partial charge in [-0.25, -0.2) is 0 Å². The van der Waals surface area contributed by atoms with Crippen LogP contribution in [0.4, 0.5) is 13.2 Å². The van der Waals surface area contributed by atoms with Gasteiger partial charge in [0.15, 0.2) is 5.72 Å². The van der Waals surface area contributed by atoms with Gasteiger partial charge in [-0.1, -0.05) is 36.9 Å². The van der Waals surface area contributed by atoms with Crippen LogP contribution in [0.15, 0.2) is 29.4 Å². The van der Waals surface area contributed by atoms with E-state index < -0.39 is 35.9 Å². The van der Waals surface area contributed by atoms with Crippen molar-refractivity contribution in [2.45, 2.75) is 50.4 Å². The van der Waals surface area contributed by atoms with Gasteiger partial charge in [0.25, 0.3) is 5.91 Å². The van der Waals surface area contributed by atoms with E-state index in [0.717, 1.165) is 19.3 Å². The molecule has 0 radical (unpaired) electrons. The summed E-state index contributed by atoms with van der Waals surface area (Å²) in [5.74, 6) is -1.22. The van der Waals surface area contributed by atoms with Gasteiger partial charge in [0, 0.05) is 22.9 Å². The molecule has 25 heavy (non-hydrogen) atoms. The number of rotatable bonds is 2. The number of alkyl halides is 3. The van der Waals surface area contributed by atoms with E-state index in [1.54, 1.807) is 6.07 Å². The topological polar surface area (TPSA) is 52.9 Å². The molecule has 1 heterocycles. The van der Waals surface area contributed by atoms with Crippen molar-refractivity contribution < 1.29 is 23.1 Å². The largest absolute Gasteiger partial charge is 0.431 e. The van der Waals surface area contributed by atoms with Crippen LogP contribution in [0.1, 0.15) is 48.9 Å². The normalized spacial score (nSPS) is 25.2. The molecule has 3 rings (SSSR count). The number of carbonyl (C=O) groups is 1. The van der Waals surface area contributed by atoms with Gasteiger partial charge in [-0.3, -0.25) is 4.79 Å². The van der Waals surface area contributed by atoms with Crippen molar-refractivity contribution in [1.29, 1.82) is 0 Å². The molecule has 1 aliphatic heterocycles. The van der Waals surface area contributed by atoms with Gasteiger partial charge in [0.2, 0.25) is 0 Å². The lowest BCUT2D eigenvalue weighted by Crippen LogP contribution is -2.52. The van der Waals surface area contributed by atoms with Gasteiger partial charge in [-0.2, -0.15) is 23.3 Å². The first-order valence-electron chi connectivity index (χ1n) is 8.19. The molecule has 0 aromatic heterocycles. The van der Waals surface area contributed by atoms with Gasteiger partial charge in [-0.05, 0) is 31.0 Å². The Balaban J connectivity index is 1.98. The highest BCUT2D eigenvalue weighted by Crippen LogP contribution is 2.43. The van der Waals surface area contributed by atoms with Crippen LogP contribution < -0.4 is 0 Å². The van der Waals surface area contributed by atoms with Gasteiger partial charge in [0.05, 0.1) is 0 Å². The minimum atomic E-state index is -4.69. The minimum Gasteiger partial charge on any atom is -0.368 e. The van der Waals surface area contributed by atoms with Crippen LogP contribution in [-0.2, 0) is 0 Å². The standard InChI is InChI=1S/C17H18ClF3N2O2/c18-13-8-4-5-11(9-13)15(24)23-16(25,12-6-2-1-3-7-12)10-14(22-23)17(19,20)21/h4-5,8-9,12,25H,1-3,6-7,10H2. The zero-order valence-corrected chi connectivity index (χ0v) is 14.1. The number of hydrogen-bond donors (Lipinski definition) is 1. The van der Waals surface area contributed by atoms with E-state index in [0.29, 0.717) is 17.9 Å². The maximum Gasteiger partial charge on any atom is 0.431 e. The van der Waals surface area contributed by atoms with E-state index in [4.69, 9.17) is 11.6 Å². The SMILES string of the molecule is O=C(c1cccc(Cl)c1)N1N=C(C(F)(F)F)CC1(O)C1CCCCC1. The molecule has 0 spiro atoms. The Morgan fingerprint density at radius 1 is 1.28 bits per heavy atom. The molecule has 1 atom stereocenters. The summed E-state index contributed by atoms with van der Waals surface area (Å²) in [6.45, 7) is 0. The van der Waals surface area contributed by atoms with E-state index >= 15 is 0 Å². The van der Waals surface area contributed by atoms with Crippen LogP contribution >= 0.6 is 11.6 Å². The number of hydrogen-bond acceptors (Lipinski definition) is 3. The third kappa shape index (κ3) is 3.53. The van der Waals surface area contributed by atoms with Crippen molar-refractivity contribution in [2.75, 3.05) is 0 Å². The Kier molecular flexibility index (Phi) is 4.81. The average molecular weight is 375 g/mol. The molecule has 1 unspecified atom stereocenters. The minimum absolute atomic E-state index is 0.0916. The fourth-order valence-electron chi connectivity index (χ4n) is 3.57. The summed E-state index contributed by atoms with van der Waals surface area (Å²) in [5.41, 5.74) is -2.99. The monoisotopic (exact) mass is 374 g/mol. The summed E-state index contributed by atoms with van der Waals surface area (Å²) in [6, 6.07) is 5.88. The molecular formula is C17H18ClF3N2O2. The Bertz CT molecular complexity index is 701. The number of amides is 1. The van der Waals surface area contributed by atoms with Crippen molar-refractivity contribution >= 4 is 23.2 Å². The molecule has 2 aliphatic rings. The van der Waals surface area contributed by atoms with E-state index in [2.05, 4.69) is 5.10 Å². The predicted molar refractivity (Wildman–Crippen MR) is 87.3 cm³/mol. The van der Waals surface area contributed by atoms with Crippen LogP contribution in [0, 0.1) is 5.92 Å². The van der Waals surface area contributed by atoms with Crippen LogP contribution in [0.5, 0.6) is 0 Å². The lowest BCUT2D eigenvalue weighted by molar-refractivity contribution is -0.123. The molecular weight excluding hydrogens is 357 g/mol. The molecule has 1 aromatic carbocycles. The molecule has 8 heteroatoms. The zero-order valence-electron chi connectivity index (χ0n) is 13.4. The third-order valence-electron chi connectivity index (χ3n) is 4.87. The highest BCUT2D eigenvalue weighted by atomic mass is 35.5. The Morgan fingerprint density at radius 3 is 2.56 bits per heavy atom. The van der Waals surface area contributed by atoms with E-state index in [9.17, 15) is 23.1 Å². The molecule has 1 amide bonds. The van der Waals surface area contributed by atoms with Crippen molar-refractivity contribution in [3.8, 4) is 0 Å². The van der Waals surface area contributed by atoms with E-state index in [1.807, 2.05) is 0 Å². The number of aliphatic hydroxyl groups is 1. The molecule has 1 N–H and O–H groups in total. The molecule has 136 valence electrons. The zero-order chi connectivity index (χ0) is 18.2. The molecule has 0 saturated heterocycles. The molecule has 1 aromatic rings. The number of carbonyl (C=O) groups excluding carboxylic acids is 1. The summed E-state index contributed by atoms with van der Waals surface area (Å²) in [5, 5.41) is 15.5. The fraction of sp³-hybridized carbons (Fsp3) is 0.529. The lowest BCUT2D eigenvalue weighted by Gasteiger charge is -2.40. The van der Waals surface area contributed by atoms with Gasteiger partial charge >= 0.3 is 6.18 Å². The van der Waals surface area contributed by atoms with Crippen molar-refractivity contribution in [3.63, 3.8) is 0 Å². The summed E-state index contributed by atoms with van der Waals surface area (Å²) >= 11 is 5.87. The smallest absolute Gasteiger partial charge is 0.368 e. The molecule has 1 aliphatic carbocycles. The molecule has 1 fully saturated rings. The van der Waals surface area contributed by atoms with Gasteiger partial charge in [-0.15, -0.1) is 0 Å². The maximum atomic E-state index is 13.2.